The molecule has 0 bridgehead atoms. The molecule has 0 amide bonds. The van der Waals surface area contributed by atoms with Crippen LogP contribution in [0.15, 0.2) is 170 Å². The van der Waals surface area contributed by atoms with Crippen molar-refractivity contribution in [3.63, 3.8) is 0 Å². The van der Waals surface area contributed by atoms with Gasteiger partial charge in [0.2, 0.25) is 0 Å². The minimum atomic E-state index is -0.262. The molecule has 4 heterocycles. The largest absolute Gasteiger partial charge is 0.334 e. The van der Waals surface area contributed by atoms with Gasteiger partial charge in [-0.25, -0.2) is 0 Å². The highest BCUT2D eigenvalue weighted by Gasteiger charge is 2.59. The van der Waals surface area contributed by atoms with Crippen LogP contribution >= 0.6 is 11.3 Å². The molecule has 3 aliphatic heterocycles. The Bertz CT molecular complexity index is 4700. The zero-order valence-corrected chi connectivity index (χ0v) is 56.0. The average Bonchev–Trinajstić information content (AvgIpc) is 1.34. The van der Waals surface area contributed by atoms with Crippen LogP contribution in [0, 0.1) is 0 Å². The first-order chi connectivity index (χ1) is 42.3. The monoisotopic (exact) mass is 1180 g/mol. The first-order valence-electron chi connectivity index (χ1n) is 33.7. The Morgan fingerprint density at radius 1 is 0.348 bits per heavy atom. The Balaban J connectivity index is 1.04. The topological polar surface area (TPSA) is 9.72 Å². The quantitative estimate of drug-likeness (QED) is 0.163. The summed E-state index contributed by atoms with van der Waals surface area (Å²) >= 11 is 1.96. The minimum Gasteiger partial charge on any atom is -0.334 e. The molecule has 0 radical (unpaired) electrons. The Labute approximate surface area is 534 Å². The molecule has 1 fully saturated rings. The Hall–Kier alpha value is -7.34. The second-order valence-electron chi connectivity index (χ2n) is 32.5. The van der Waals surface area contributed by atoms with Gasteiger partial charge < -0.3 is 14.7 Å². The fourth-order valence-corrected chi connectivity index (χ4v) is 20.4. The molecule has 0 saturated heterocycles. The number of rotatable bonds is 4. The fourth-order valence-electron chi connectivity index (χ4n) is 19.2. The first kappa shape index (κ1) is 55.7. The Morgan fingerprint density at radius 3 is 1.60 bits per heavy atom. The fraction of sp³-hybridized carbons (Fsp3) is 0.357. The van der Waals surface area contributed by atoms with Crippen LogP contribution in [0.3, 0.4) is 0 Å². The van der Waals surface area contributed by atoms with E-state index in [9.17, 15) is 0 Å². The molecule has 3 nitrogen and oxygen atoms in total. The zero-order chi connectivity index (χ0) is 61.5. The van der Waals surface area contributed by atoms with Crippen molar-refractivity contribution < 1.29 is 0 Å². The van der Waals surface area contributed by atoms with Crippen molar-refractivity contribution in [1.29, 1.82) is 0 Å². The van der Waals surface area contributed by atoms with E-state index in [0.29, 0.717) is 0 Å². The highest BCUT2D eigenvalue weighted by Crippen LogP contribution is 2.64. The number of thiophene rings is 1. The maximum atomic E-state index is 2.88. The Morgan fingerprint density at radius 2 is 0.899 bits per heavy atom. The molecule has 1 aromatic heterocycles. The summed E-state index contributed by atoms with van der Waals surface area (Å²) in [5.41, 5.74) is 29.7. The third-order valence-electron chi connectivity index (χ3n) is 25.0. The highest BCUT2D eigenvalue weighted by atomic mass is 32.1. The van der Waals surface area contributed by atoms with Crippen LogP contribution in [0.2, 0.25) is 0 Å². The van der Waals surface area contributed by atoms with Gasteiger partial charge in [-0.3, -0.25) is 0 Å². The summed E-state index contributed by atoms with van der Waals surface area (Å²) in [7, 11) is 0. The van der Waals surface area contributed by atoms with E-state index in [4.69, 9.17) is 0 Å². The van der Waals surface area contributed by atoms with Gasteiger partial charge in [-0.15, -0.1) is 11.3 Å². The molecular weight excluding hydrogens is 1090 g/mol. The molecule has 4 aliphatic carbocycles. The second kappa shape index (κ2) is 18.2. The number of hydrogen-bond acceptors (Lipinski definition) is 4. The molecule has 5 heteroatoms. The summed E-state index contributed by atoms with van der Waals surface area (Å²) in [5.74, 6) is 0. The zero-order valence-electron chi connectivity index (χ0n) is 55.1. The molecule has 1 saturated carbocycles. The predicted molar refractivity (Wildman–Crippen MR) is 383 cm³/mol. The van der Waals surface area contributed by atoms with Crippen molar-refractivity contribution in [2.75, 3.05) is 14.7 Å². The lowest BCUT2D eigenvalue weighted by atomic mass is 9.32. The van der Waals surface area contributed by atoms with E-state index in [1.165, 1.54) is 163 Å². The van der Waals surface area contributed by atoms with E-state index >= 15 is 0 Å². The number of anilines is 8. The van der Waals surface area contributed by atoms with Crippen molar-refractivity contribution in [3.8, 4) is 11.1 Å². The van der Waals surface area contributed by atoms with Crippen LogP contribution in [-0.2, 0) is 37.9 Å². The van der Waals surface area contributed by atoms with Crippen LogP contribution in [0.25, 0.3) is 31.3 Å². The second-order valence-corrected chi connectivity index (χ2v) is 33.5. The van der Waals surface area contributed by atoms with E-state index < -0.39 is 0 Å². The Kier molecular flexibility index (Phi) is 11.4. The van der Waals surface area contributed by atoms with Gasteiger partial charge in [0.15, 0.2) is 0 Å². The summed E-state index contributed by atoms with van der Waals surface area (Å²) in [6, 6.07) is 68.4. The maximum Gasteiger partial charge on any atom is 0.252 e. The van der Waals surface area contributed by atoms with Crippen molar-refractivity contribution in [2.45, 2.75) is 192 Å². The highest BCUT2D eigenvalue weighted by molar-refractivity contribution is 7.26. The smallest absolute Gasteiger partial charge is 0.252 e. The molecule has 10 aromatic rings. The van der Waals surface area contributed by atoms with Gasteiger partial charge in [-0.05, 0) is 205 Å². The molecule has 89 heavy (non-hydrogen) atoms. The van der Waals surface area contributed by atoms with Crippen LogP contribution < -0.4 is 31.1 Å². The molecule has 2 atom stereocenters. The van der Waals surface area contributed by atoms with E-state index in [-0.39, 0.29) is 50.2 Å². The third-order valence-corrected chi connectivity index (χ3v) is 26.2. The molecular formula is C84H86BN3S. The number of hydrogen-bond donors (Lipinski definition) is 0. The molecule has 0 N–H and O–H groups in total. The molecule has 17 rings (SSSR count). The number of nitrogens with zero attached hydrogens (tertiary/aromatic N) is 3. The summed E-state index contributed by atoms with van der Waals surface area (Å²) in [6.07, 6.45) is 9.34. The van der Waals surface area contributed by atoms with Crippen LogP contribution in [0.1, 0.15) is 198 Å². The van der Waals surface area contributed by atoms with E-state index in [0.717, 1.165) is 32.1 Å². The van der Waals surface area contributed by atoms with Gasteiger partial charge in [0.1, 0.15) is 0 Å². The van der Waals surface area contributed by atoms with Crippen molar-refractivity contribution in [2.24, 2.45) is 0 Å². The summed E-state index contributed by atoms with van der Waals surface area (Å²) < 4.78 is 2.66. The summed E-state index contributed by atoms with van der Waals surface area (Å²) in [6.45, 7) is 35.3. The number of benzene rings is 9. The van der Waals surface area contributed by atoms with Crippen molar-refractivity contribution in [3.05, 3.63) is 220 Å². The first-order valence-corrected chi connectivity index (χ1v) is 34.5. The maximum absolute atomic E-state index is 2.88. The lowest BCUT2D eigenvalue weighted by molar-refractivity contribution is 0.195. The minimum absolute atomic E-state index is 0.00333. The van der Waals surface area contributed by atoms with Gasteiger partial charge in [0, 0.05) is 71.5 Å². The van der Waals surface area contributed by atoms with E-state index in [1.807, 2.05) is 11.3 Å². The van der Waals surface area contributed by atoms with Crippen molar-refractivity contribution >= 4 is 100 Å². The molecule has 9 aromatic carbocycles. The van der Waals surface area contributed by atoms with Gasteiger partial charge >= 0.3 is 0 Å². The van der Waals surface area contributed by atoms with Crippen LogP contribution in [0.5, 0.6) is 0 Å². The average molecular weight is 1180 g/mol. The standard InChI is InChI=1S/C84H86BN3S/c1-77(2)39-40-78(3,4)60-44-53(34-35-57(60)77)86-70-49-62-61(79(5,6)41-42-80(62,7)8)47-66(70)85-67-48-63-64(82(11,12)59-30-20-19-29-58(59)81(63,9)10)50-71(67)87(69-31-24-28-56-55-27-18-21-32-74(55)89-76(56)69)73-46-54(45-72(86)75(73)85)88-68-36-33-52(51-25-16-15-17-26-51)43-65(68)83(13)37-22-23-38-84(83,88)14/h15-21,24-36,43-50H,22-23,37-42H2,1-14H3. The van der Waals surface area contributed by atoms with E-state index in [2.05, 4.69) is 281 Å². The third kappa shape index (κ3) is 7.46. The lowest BCUT2D eigenvalue weighted by Crippen LogP contribution is -2.62. The SMILES string of the molecule is CC1(C)CCC(C)(C)c2cc(N3c4cc5c(cc4B4c6cc7c(cc6N(c6cccc8c6sc6ccccc68)c6cc(N8c9ccc(-c%10ccccc%10)cc9C9(C)CCCCC89C)cc3c64)C(C)(C)c3ccccc3C7(C)C)C(C)(C)CCC5(C)C)ccc21. The van der Waals surface area contributed by atoms with Crippen LogP contribution in [-0.4, -0.2) is 12.3 Å². The van der Waals surface area contributed by atoms with Gasteiger partial charge in [-0.2, -0.15) is 0 Å². The lowest BCUT2D eigenvalue weighted by Gasteiger charge is -2.52. The predicted octanol–water partition coefficient (Wildman–Crippen LogP) is 21.2. The van der Waals surface area contributed by atoms with Gasteiger partial charge in [-0.1, -0.05) is 212 Å². The normalized spacial score (nSPS) is 22.9. The summed E-state index contributed by atoms with van der Waals surface area (Å²) in [4.78, 5) is 8.50. The molecule has 0 spiro atoms. The van der Waals surface area contributed by atoms with Crippen LogP contribution in [0.4, 0.5) is 45.5 Å². The van der Waals surface area contributed by atoms with Crippen molar-refractivity contribution in [1.82, 2.24) is 0 Å². The van der Waals surface area contributed by atoms with E-state index in [1.54, 1.807) is 0 Å². The molecule has 2 unspecified atom stereocenters. The summed E-state index contributed by atoms with van der Waals surface area (Å²) in [5, 5.41) is 2.65. The molecule has 446 valence electrons. The number of fused-ring (bicyclic) bond motifs is 14. The van der Waals surface area contributed by atoms with Gasteiger partial charge in [0.05, 0.1) is 15.9 Å². The van der Waals surface area contributed by atoms with Gasteiger partial charge in [0.25, 0.3) is 6.71 Å². The molecule has 7 aliphatic rings.